The molecule has 1 aromatic rings. The summed E-state index contributed by atoms with van der Waals surface area (Å²) in [6, 6.07) is 6.23. The molecule has 2 saturated carbocycles. The first-order valence-electron chi connectivity index (χ1n) is 7.38. The van der Waals surface area contributed by atoms with Gasteiger partial charge in [0.2, 0.25) is 0 Å². The van der Waals surface area contributed by atoms with Gasteiger partial charge in [-0.3, -0.25) is 0 Å². The molecule has 0 aromatic heterocycles. The monoisotopic (exact) mass is 263 g/mol. The zero-order valence-corrected chi connectivity index (χ0v) is 11.2. The summed E-state index contributed by atoms with van der Waals surface area (Å²) in [5, 5.41) is 13.4. The minimum atomic E-state index is -0.616. The van der Waals surface area contributed by atoms with Gasteiger partial charge in [0, 0.05) is 6.54 Å². The van der Waals surface area contributed by atoms with Crippen molar-refractivity contribution in [2.75, 3.05) is 13.1 Å². The van der Waals surface area contributed by atoms with E-state index >= 15 is 0 Å². The van der Waals surface area contributed by atoms with Gasteiger partial charge in [0.15, 0.2) is 0 Å². The summed E-state index contributed by atoms with van der Waals surface area (Å²) in [7, 11) is 0. The smallest absolute Gasteiger partial charge is 0.123 e. The van der Waals surface area contributed by atoms with Crippen molar-refractivity contribution in [3.05, 3.63) is 35.6 Å². The van der Waals surface area contributed by atoms with Crippen LogP contribution in [-0.2, 0) is 0 Å². The van der Waals surface area contributed by atoms with Crippen LogP contribution in [0.2, 0.25) is 0 Å². The predicted molar refractivity (Wildman–Crippen MR) is 73.2 cm³/mol. The van der Waals surface area contributed by atoms with Crippen LogP contribution in [0.3, 0.4) is 0 Å². The van der Waals surface area contributed by atoms with E-state index in [4.69, 9.17) is 0 Å². The molecular weight excluding hydrogens is 241 g/mol. The lowest BCUT2D eigenvalue weighted by Gasteiger charge is -2.18. The molecule has 2 aliphatic carbocycles. The van der Waals surface area contributed by atoms with Crippen LogP contribution in [-0.4, -0.2) is 18.2 Å². The molecule has 104 valence electrons. The molecule has 0 bridgehead atoms. The van der Waals surface area contributed by atoms with E-state index < -0.39 is 6.10 Å². The van der Waals surface area contributed by atoms with Crippen LogP contribution >= 0.6 is 0 Å². The second-order valence-corrected chi connectivity index (χ2v) is 6.07. The van der Waals surface area contributed by atoms with Crippen LogP contribution in [0.5, 0.6) is 0 Å². The Hall–Kier alpha value is -0.930. The first-order chi connectivity index (χ1) is 9.24. The van der Waals surface area contributed by atoms with Crippen LogP contribution in [0.15, 0.2) is 24.3 Å². The van der Waals surface area contributed by atoms with Crippen LogP contribution in [0.1, 0.15) is 37.4 Å². The van der Waals surface area contributed by atoms with E-state index in [0.717, 1.165) is 24.3 Å². The summed E-state index contributed by atoms with van der Waals surface area (Å²) < 4.78 is 13.1. The summed E-state index contributed by atoms with van der Waals surface area (Å²) >= 11 is 0. The SMILES string of the molecule is OC(CNCC(C1CC1)C1CC1)c1cccc(F)c1. The van der Waals surface area contributed by atoms with Gasteiger partial charge in [0.05, 0.1) is 6.10 Å². The van der Waals surface area contributed by atoms with Gasteiger partial charge < -0.3 is 10.4 Å². The fraction of sp³-hybridized carbons (Fsp3) is 0.625. The highest BCUT2D eigenvalue weighted by atomic mass is 19.1. The molecular formula is C16H22FNO. The third-order valence-electron chi connectivity index (χ3n) is 4.41. The lowest BCUT2D eigenvalue weighted by molar-refractivity contribution is 0.170. The summed E-state index contributed by atoms with van der Waals surface area (Å²) in [5.41, 5.74) is 0.655. The topological polar surface area (TPSA) is 32.3 Å². The Bertz CT molecular complexity index is 417. The van der Waals surface area contributed by atoms with Crippen molar-refractivity contribution in [2.24, 2.45) is 17.8 Å². The molecule has 1 unspecified atom stereocenters. The normalized spacial score (nSPS) is 20.8. The van der Waals surface area contributed by atoms with Crippen LogP contribution in [0.4, 0.5) is 4.39 Å². The Morgan fingerprint density at radius 3 is 2.42 bits per heavy atom. The summed E-state index contributed by atoms with van der Waals surface area (Å²) in [6.45, 7) is 1.51. The van der Waals surface area contributed by atoms with Crippen molar-refractivity contribution in [3.8, 4) is 0 Å². The highest BCUT2D eigenvalue weighted by Gasteiger charge is 2.40. The van der Waals surface area contributed by atoms with Crippen LogP contribution in [0, 0.1) is 23.6 Å². The summed E-state index contributed by atoms with van der Waals surface area (Å²) in [6.07, 6.45) is 4.92. The zero-order chi connectivity index (χ0) is 13.2. The molecule has 2 fully saturated rings. The average Bonchev–Trinajstić information content (AvgIpc) is 3.28. The van der Waals surface area contributed by atoms with Gasteiger partial charge >= 0.3 is 0 Å². The maximum atomic E-state index is 13.1. The minimum Gasteiger partial charge on any atom is -0.387 e. The van der Waals surface area contributed by atoms with Crippen LogP contribution < -0.4 is 5.32 Å². The maximum Gasteiger partial charge on any atom is 0.123 e. The third-order valence-corrected chi connectivity index (χ3v) is 4.41. The average molecular weight is 263 g/mol. The summed E-state index contributed by atoms with van der Waals surface area (Å²) in [4.78, 5) is 0. The Morgan fingerprint density at radius 1 is 1.16 bits per heavy atom. The molecule has 0 spiro atoms. The Morgan fingerprint density at radius 2 is 1.84 bits per heavy atom. The number of halogens is 1. The highest BCUT2D eigenvalue weighted by molar-refractivity contribution is 5.18. The van der Waals surface area contributed by atoms with Gasteiger partial charge in [-0.25, -0.2) is 4.39 Å². The number of aliphatic hydroxyl groups excluding tert-OH is 1. The molecule has 2 aliphatic rings. The molecule has 2 nitrogen and oxygen atoms in total. The zero-order valence-electron chi connectivity index (χ0n) is 11.2. The van der Waals surface area contributed by atoms with Gasteiger partial charge in [0.1, 0.15) is 5.82 Å². The molecule has 0 saturated heterocycles. The van der Waals surface area contributed by atoms with Crippen LogP contribution in [0.25, 0.3) is 0 Å². The number of nitrogens with one attached hydrogen (secondary N) is 1. The van der Waals surface area contributed by atoms with E-state index in [9.17, 15) is 9.50 Å². The van der Waals surface area contributed by atoms with Gasteiger partial charge in [-0.1, -0.05) is 12.1 Å². The van der Waals surface area contributed by atoms with Crippen molar-refractivity contribution < 1.29 is 9.50 Å². The van der Waals surface area contributed by atoms with E-state index in [-0.39, 0.29) is 5.82 Å². The van der Waals surface area contributed by atoms with E-state index in [2.05, 4.69) is 5.32 Å². The van der Waals surface area contributed by atoms with Crippen molar-refractivity contribution in [1.29, 1.82) is 0 Å². The number of aliphatic hydroxyl groups is 1. The molecule has 0 aliphatic heterocycles. The molecule has 3 heteroatoms. The molecule has 19 heavy (non-hydrogen) atoms. The summed E-state index contributed by atoms with van der Waals surface area (Å²) in [5.74, 6) is 2.36. The predicted octanol–water partition coefficient (Wildman–Crippen LogP) is 2.88. The third kappa shape index (κ3) is 3.54. The standard InChI is InChI=1S/C16H22FNO/c17-14-3-1-2-13(8-14)16(19)10-18-9-15(11-4-5-11)12-6-7-12/h1-3,8,11-12,15-16,18-19H,4-7,9-10H2. The van der Waals surface area contributed by atoms with E-state index in [0.29, 0.717) is 12.1 Å². The van der Waals surface area contributed by atoms with Crippen molar-refractivity contribution in [2.45, 2.75) is 31.8 Å². The van der Waals surface area contributed by atoms with E-state index in [1.165, 1.54) is 37.8 Å². The molecule has 0 radical (unpaired) electrons. The van der Waals surface area contributed by atoms with Gasteiger partial charge in [0.25, 0.3) is 0 Å². The van der Waals surface area contributed by atoms with Crippen molar-refractivity contribution in [3.63, 3.8) is 0 Å². The minimum absolute atomic E-state index is 0.287. The largest absolute Gasteiger partial charge is 0.387 e. The maximum absolute atomic E-state index is 13.1. The van der Waals surface area contributed by atoms with Gasteiger partial charge in [-0.05, 0) is 67.7 Å². The fourth-order valence-corrected chi connectivity index (χ4v) is 2.99. The second kappa shape index (κ2) is 5.59. The molecule has 1 atom stereocenters. The number of hydrogen-bond donors (Lipinski definition) is 2. The Labute approximate surface area is 114 Å². The first kappa shape index (κ1) is 13.1. The van der Waals surface area contributed by atoms with Crippen molar-refractivity contribution >= 4 is 0 Å². The Balaban J connectivity index is 1.46. The lowest BCUT2D eigenvalue weighted by atomic mass is 9.98. The quantitative estimate of drug-likeness (QED) is 0.793. The van der Waals surface area contributed by atoms with E-state index in [1.54, 1.807) is 12.1 Å². The number of hydrogen-bond acceptors (Lipinski definition) is 2. The highest BCUT2D eigenvalue weighted by Crippen LogP contribution is 2.48. The number of rotatable bonds is 7. The number of benzene rings is 1. The van der Waals surface area contributed by atoms with Gasteiger partial charge in [-0.2, -0.15) is 0 Å². The molecule has 3 rings (SSSR count). The van der Waals surface area contributed by atoms with E-state index in [1.807, 2.05) is 0 Å². The first-order valence-corrected chi connectivity index (χ1v) is 7.38. The Kier molecular flexibility index (Phi) is 3.85. The fourth-order valence-electron chi connectivity index (χ4n) is 2.99. The second-order valence-electron chi connectivity index (χ2n) is 6.07. The molecule has 0 heterocycles. The lowest BCUT2D eigenvalue weighted by Crippen LogP contribution is -2.29. The molecule has 2 N–H and O–H groups in total. The van der Waals surface area contributed by atoms with Gasteiger partial charge in [-0.15, -0.1) is 0 Å². The molecule has 1 aromatic carbocycles. The van der Waals surface area contributed by atoms with Crippen molar-refractivity contribution in [1.82, 2.24) is 5.32 Å². The molecule has 0 amide bonds.